The van der Waals surface area contributed by atoms with Crippen LogP contribution in [-0.4, -0.2) is 24.4 Å². The maximum atomic E-state index is 11.7. The fraction of sp³-hybridized carbons (Fsp3) is 0.467. The van der Waals surface area contributed by atoms with Gasteiger partial charge in [0.05, 0.1) is 6.54 Å². The van der Waals surface area contributed by atoms with Gasteiger partial charge in [-0.2, -0.15) is 0 Å². The van der Waals surface area contributed by atoms with Crippen molar-refractivity contribution in [1.29, 1.82) is 0 Å². The lowest BCUT2D eigenvalue weighted by atomic mass is 9.98. The first kappa shape index (κ1) is 15.2. The van der Waals surface area contributed by atoms with Crippen molar-refractivity contribution in [3.63, 3.8) is 0 Å². The minimum absolute atomic E-state index is 0.0402. The number of hydrogen-bond acceptors (Lipinski definition) is 2. The first-order chi connectivity index (χ1) is 8.99. The maximum absolute atomic E-state index is 11.7. The lowest BCUT2D eigenvalue weighted by molar-refractivity contribution is -0.126. The van der Waals surface area contributed by atoms with E-state index < -0.39 is 0 Å². The second-order valence-electron chi connectivity index (χ2n) is 5.01. The number of nitrogens with one attached hydrogen (secondary N) is 2. The monoisotopic (exact) mass is 262 g/mol. The highest BCUT2D eigenvalue weighted by molar-refractivity contribution is 5.85. The molecule has 104 valence electrons. The number of hydrogen-bond donors (Lipinski definition) is 2. The Morgan fingerprint density at radius 1 is 1.05 bits per heavy atom. The molecule has 0 saturated carbocycles. The van der Waals surface area contributed by atoms with Crippen molar-refractivity contribution in [2.45, 2.75) is 39.2 Å². The molecule has 19 heavy (non-hydrogen) atoms. The SMILES string of the molecule is CC(C)NC(=O)CNC(=O)CC(C)c1ccccc1. The summed E-state index contributed by atoms with van der Waals surface area (Å²) < 4.78 is 0. The largest absolute Gasteiger partial charge is 0.352 e. The van der Waals surface area contributed by atoms with Gasteiger partial charge < -0.3 is 10.6 Å². The van der Waals surface area contributed by atoms with E-state index in [1.807, 2.05) is 51.1 Å². The van der Waals surface area contributed by atoms with Gasteiger partial charge in [-0.3, -0.25) is 9.59 Å². The second kappa shape index (κ2) is 7.56. The third-order valence-corrected chi connectivity index (χ3v) is 2.76. The van der Waals surface area contributed by atoms with Crippen LogP contribution in [0.4, 0.5) is 0 Å². The topological polar surface area (TPSA) is 58.2 Å². The van der Waals surface area contributed by atoms with Crippen LogP contribution in [0.2, 0.25) is 0 Å². The lowest BCUT2D eigenvalue weighted by Gasteiger charge is -2.12. The molecular weight excluding hydrogens is 240 g/mol. The molecule has 0 bridgehead atoms. The first-order valence-corrected chi connectivity index (χ1v) is 6.60. The molecule has 0 aliphatic heterocycles. The molecule has 0 aliphatic carbocycles. The van der Waals surface area contributed by atoms with E-state index in [0.29, 0.717) is 6.42 Å². The van der Waals surface area contributed by atoms with E-state index in [9.17, 15) is 9.59 Å². The zero-order valence-corrected chi connectivity index (χ0v) is 11.8. The van der Waals surface area contributed by atoms with Crippen molar-refractivity contribution < 1.29 is 9.59 Å². The highest BCUT2D eigenvalue weighted by Gasteiger charge is 2.12. The molecule has 1 unspecified atom stereocenters. The van der Waals surface area contributed by atoms with Crippen LogP contribution in [0.1, 0.15) is 38.7 Å². The molecule has 1 aromatic carbocycles. The van der Waals surface area contributed by atoms with Crippen molar-refractivity contribution >= 4 is 11.8 Å². The van der Waals surface area contributed by atoms with Gasteiger partial charge in [0, 0.05) is 12.5 Å². The Hall–Kier alpha value is -1.84. The number of amides is 2. The average molecular weight is 262 g/mol. The standard InChI is InChI=1S/C15H22N2O2/c1-11(2)17-15(19)10-16-14(18)9-12(3)13-7-5-4-6-8-13/h4-8,11-12H,9-10H2,1-3H3,(H,16,18)(H,17,19). The summed E-state index contributed by atoms with van der Waals surface area (Å²) in [6.07, 6.45) is 0.388. The van der Waals surface area contributed by atoms with E-state index >= 15 is 0 Å². The highest BCUT2D eigenvalue weighted by atomic mass is 16.2. The molecule has 2 N–H and O–H groups in total. The summed E-state index contributed by atoms with van der Waals surface area (Å²) in [7, 11) is 0. The van der Waals surface area contributed by atoms with Crippen molar-refractivity contribution in [3.8, 4) is 0 Å². The minimum atomic E-state index is -0.157. The van der Waals surface area contributed by atoms with Gasteiger partial charge in [0.1, 0.15) is 0 Å². The normalized spacial score (nSPS) is 12.0. The fourth-order valence-corrected chi connectivity index (χ4v) is 1.80. The lowest BCUT2D eigenvalue weighted by Crippen LogP contribution is -2.40. The number of carbonyl (C=O) groups excluding carboxylic acids is 2. The predicted molar refractivity (Wildman–Crippen MR) is 75.8 cm³/mol. The Balaban J connectivity index is 2.33. The third kappa shape index (κ3) is 6.04. The summed E-state index contributed by atoms with van der Waals surface area (Å²) >= 11 is 0. The van der Waals surface area contributed by atoms with E-state index in [2.05, 4.69) is 10.6 Å². The molecule has 4 heteroatoms. The van der Waals surface area contributed by atoms with Crippen LogP contribution in [0.15, 0.2) is 30.3 Å². The minimum Gasteiger partial charge on any atom is -0.352 e. The van der Waals surface area contributed by atoms with Gasteiger partial charge in [-0.25, -0.2) is 0 Å². The molecule has 4 nitrogen and oxygen atoms in total. The number of carbonyl (C=O) groups is 2. The van der Waals surface area contributed by atoms with Crippen LogP contribution in [0, 0.1) is 0 Å². The summed E-state index contributed by atoms with van der Waals surface area (Å²) in [4.78, 5) is 23.1. The number of rotatable bonds is 6. The van der Waals surface area contributed by atoms with Gasteiger partial charge in [0.15, 0.2) is 0 Å². The van der Waals surface area contributed by atoms with Crippen molar-refractivity contribution in [2.24, 2.45) is 0 Å². The predicted octanol–water partition coefficient (Wildman–Crippen LogP) is 1.82. The molecule has 0 fully saturated rings. The van der Waals surface area contributed by atoms with E-state index in [1.165, 1.54) is 0 Å². The molecule has 0 saturated heterocycles. The average Bonchev–Trinajstić information content (AvgIpc) is 2.36. The Morgan fingerprint density at radius 3 is 2.26 bits per heavy atom. The zero-order chi connectivity index (χ0) is 14.3. The molecule has 0 aromatic heterocycles. The van der Waals surface area contributed by atoms with Crippen LogP contribution in [0.5, 0.6) is 0 Å². The summed E-state index contributed by atoms with van der Waals surface area (Å²) in [6.45, 7) is 5.82. The third-order valence-electron chi connectivity index (χ3n) is 2.76. The summed E-state index contributed by atoms with van der Waals surface area (Å²) in [5.41, 5.74) is 1.13. The quantitative estimate of drug-likeness (QED) is 0.821. The van der Waals surface area contributed by atoms with Gasteiger partial charge in [-0.05, 0) is 25.3 Å². The van der Waals surface area contributed by atoms with Crippen molar-refractivity contribution in [1.82, 2.24) is 10.6 Å². The van der Waals surface area contributed by atoms with Crippen LogP contribution < -0.4 is 10.6 Å². The zero-order valence-electron chi connectivity index (χ0n) is 11.8. The van der Waals surface area contributed by atoms with Crippen LogP contribution in [-0.2, 0) is 9.59 Å². The van der Waals surface area contributed by atoms with Gasteiger partial charge in [-0.15, -0.1) is 0 Å². The Bertz CT molecular complexity index is 415. The maximum Gasteiger partial charge on any atom is 0.239 e. The number of benzene rings is 1. The van der Waals surface area contributed by atoms with Crippen LogP contribution in [0.3, 0.4) is 0 Å². The Morgan fingerprint density at radius 2 is 1.68 bits per heavy atom. The summed E-state index contributed by atoms with van der Waals surface area (Å²) in [5, 5.41) is 5.37. The summed E-state index contributed by atoms with van der Waals surface area (Å²) in [6, 6.07) is 9.96. The van der Waals surface area contributed by atoms with E-state index in [1.54, 1.807) is 0 Å². The highest BCUT2D eigenvalue weighted by Crippen LogP contribution is 2.17. The first-order valence-electron chi connectivity index (χ1n) is 6.60. The Labute approximate surface area is 114 Å². The molecule has 0 heterocycles. The molecular formula is C15H22N2O2. The molecule has 0 radical (unpaired) electrons. The van der Waals surface area contributed by atoms with Gasteiger partial charge in [0.2, 0.25) is 11.8 Å². The molecule has 2 amide bonds. The van der Waals surface area contributed by atoms with Crippen molar-refractivity contribution in [2.75, 3.05) is 6.54 Å². The fourth-order valence-electron chi connectivity index (χ4n) is 1.80. The molecule has 1 aromatic rings. The second-order valence-corrected chi connectivity index (χ2v) is 5.01. The molecule has 0 spiro atoms. The Kier molecular flexibility index (Phi) is 6.06. The molecule has 1 rings (SSSR count). The smallest absolute Gasteiger partial charge is 0.239 e. The van der Waals surface area contributed by atoms with E-state index in [4.69, 9.17) is 0 Å². The van der Waals surface area contributed by atoms with Gasteiger partial charge in [-0.1, -0.05) is 37.3 Å². The van der Waals surface area contributed by atoms with Gasteiger partial charge in [0.25, 0.3) is 0 Å². The van der Waals surface area contributed by atoms with Crippen LogP contribution >= 0.6 is 0 Å². The molecule has 1 atom stereocenters. The van der Waals surface area contributed by atoms with Crippen LogP contribution in [0.25, 0.3) is 0 Å². The molecule has 0 aliphatic rings. The van der Waals surface area contributed by atoms with Crippen molar-refractivity contribution in [3.05, 3.63) is 35.9 Å². The summed E-state index contributed by atoms with van der Waals surface area (Å²) in [5.74, 6) is -0.111. The van der Waals surface area contributed by atoms with Gasteiger partial charge >= 0.3 is 0 Å². The van der Waals surface area contributed by atoms with E-state index in [-0.39, 0.29) is 30.3 Å². The van der Waals surface area contributed by atoms with E-state index in [0.717, 1.165) is 5.56 Å².